The fourth-order valence-corrected chi connectivity index (χ4v) is 2.58. The Morgan fingerprint density at radius 3 is 2.67 bits per heavy atom. The number of halogens is 1. The van der Waals surface area contributed by atoms with Crippen LogP contribution >= 0.6 is 0 Å². The number of anilines is 1. The molecule has 0 radical (unpaired) electrons. The van der Waals surface area contributed by atoms with E-state index in [0.717, 1.165) is 12.0 Å². The summed E-state index contributed by atoms with van der Waals surface area (Å²) >= 11 is 0. The Bertz CT molecular complexity index is 573. The molecule has 1 aromatic carbocycles. The van der Waals surface area contributed by atoms with Crippen molar-refractivity contribution in [2.24, 2.45) is 5.92 Å². The molecule has 2 rings (SSSR count). The number of rotatable bonds is 3. The molecule has 1 aliphatic rings. The maximum absolute atomic E-state index is 13.5. The summed E-state index contributed by atoms with van der Waals surface area (Å²) in [5, 5.41) is 2.78. The number of carbonyl (C=O) groups excluding carboxylic acids is 2. The van der Waals surface area contributed by atoms with Crippen molar-refractivity contribution in [1.82, 2.24) is 5.32 Å². The molecule has 2 amide bonds. The van der Waals surface area contributed by atoms with Crippen LogP contribution in [-0.4, -0.2) is 23.9 Å². The number of benzene rings is 1. The van der Waals surface area contributed by atoms with Gasteiger partial charge in [0.15, 0.2) is 0 Å². The highest BCUT2D eigenvalue weighted by Crippen LogP contribution is 2.28. The standard InChI is InChI=1S/C16H21FN2O2/c1-5-9(2)14-16(21)19(11(4)15(20)18-14)13-8-12(17)7-6-10(13)3/h6-9,11,14H,5H2,1-4H3,(H,18,20). The molecule has 1 heterocycles. The number of hydrogen-bond donors (Lipinski definition) is 1. The van der Waals surface area contributed by atoms with E-state index in [2.05, 4.69) is 5.32 Å². The lowest BCUT2D eigenvalue weighted by molar-refractivity contribution is -0.134. The fraction of sp³-hybridized carbons (Fsp3) is 0.500. The van der Waals surface area contributed by atoms with Gasteiger partial charge in [-0.05, 0) is 37.5 Å². The number of carbonyl (C=O) groups is 2. The second-order valence-electron chi connectivity index (χ2n) is 5.69. The zero-order valence-corrected chi connectivity index (χ0v) is 12.8. The Balaban J connectivity index is 2.46. The molecule has 0 aromatic heterocycles. The number of nitrogens with one attached hydrogen (secondary N) is 1. The van der Waals surface area contributed by atoms with Crippen LogP contribution in [0.5, 0.6) is 0 Å². The zero-order valence-electron chi connectivity index (χ0n) is 12.8. The second kappa shape index (κ2) is 5.84. The molecule has 1 aromatic rings. The first-order chi connectivity index (χ1) is 9.86. The van der Waals surface area contributed by atoms with Gasteiger partial charge in [0.05, 0.1) is 5.69 Å². The van der Waals surface area contributed by atoms with Crippen molar-refractivity contribution < 1.29 is 14.0 Å². The van der Waals surface area contributed by atoms with E-state index in [1.54, 1.807) is 19.9 Å². The van der Waals surface area contributed by atoms with Gasteiger partial charge in [0.25, 0.3) is 5.91 Å². The van der Waals surface area contributed by atoms with Crippen molar-refractivity contribution in [2.45, 2.75) is 46.2 Å². The van der Waals surface area contributed by atoms with Gasteiger partial charge < -0.3 is 5.32 Å². The quantitative estimate of drug-likeness (QED) is 0.930. The van der Waals surface area contributed by atoms with E-state index in [-0.39, 0.29) is 17.7 Å². The van der Waals surface area contributed by atoms with Gasteiger partial charge in [0.2, 0.25) is 5.91 Å². The van der Waals surface area contributed by atoms with Crippen LogP contribution in [0.15, 0.2) is 18.2 Å². The number of amides is 2. The van der Waals surface area contributed by atoms with Gasteiger partial charge in [-0.15, -0.1) is 0 Å². The summed E-state index contributed by atoms with van der Waals surface area (Å²) in [5.41, 5.74) is 1.24. The third-order valence-electron chi connectivity index (χ3n) is 4.21. The molecule has 1 fully saturated rings. The summed E-state index contributed by atoms with van der Waals surface area (Å²) in [6, 6.07) is 3.09. The smallest absolute Gasteiger partial charge is 0.250 e. The molecule has 0 spiro atoms. The maximum Gasteiger partial charge on any atom is 0.250 e. The Labute approximate surface area is 124 Å². The Morgan fingerprint density at radius 1 is 1.38 bits per heavy atom. The minimum absolute atomic E-state index is 0.0327. The third kappa shape index (κ3) is 2.77. The normalized spacial score (nSPS) is 24.0. The van der Waals surface area contributed by atoms with E-state index in [1.807, 2.05) is 13.8 Å². The van der Waals surface area contributed by atoms with Crippen molar-refractivity contribution >= 4 is 17.5 Å². The van der Waals surface area contributed by atoms with Crippen molar-refractivity contribution in [1.29, 1.82) is 0 Å². The predicted molar refractivity (Wildman–Crippen MR) is 79.5 cm³/mol. The third-order valence-corrected chi connectivity index (χ3v) is 4.21. The highest BCUT2D eigenvalue weighted by molar-refractivity contribution is 6.08. The monoisotopic (exact) mass is 292 g/mol. The van der Waals surface area contributed by atoms with Crippen LogP contribution in [-0.2, 0) is 9.59 Å². The molecule has 1 aliphatic heterocycles. The van der Waals surface area contributed by atoms with Crippen molar-refractivity contribution in [3.63, 3.8) is 0 Å². The van der Waals surface area contributed by atoms with Crippen molar-refractivity contribution in [2.75, 3.05) is 4.90 Å². The molecule has 1 N–H and O–H groups in total. The summed E-state index contributed by atoms with van der Waals surface area (Å²) in [6.45, 7) is 7.36. The first kappa shape index (κ1) is 15.5. The van der Waals surface area contributed by atoms with Gasteiger partial charge in [-0.25, -0.2) is 4.39 Å². The first-order valence-corrected chi connectivity index (χ1v) is 7.26. The van der Waals surface area contributed by atoms with Gasteiger partial charge in [-0.3, -0.25) is 14.5 Å². The second-order valence-corrected chi connectivity index (χ2v) is 5.69. The Morgan fingerprint density at radius 2 is 2.05 bits per heavy atom. The summed E-state index contributed by atoms with van der Waals surface area (Å²) in [6.07, 6.45) is 0.779. The molecule has 0 bridgehead atoms. The van der Waals surface area contributed by atoms with E-state index in [1.165, 1.54) is 17.0 Å². The van der Waals surface area contributed by atoms with Gasteiger partial charge in [0, 0.05) is 0 Å². The van der Waals surface area contributed by atoms with E-state index in [0.29, 0.717) is 5.69 Å². The lowest BCUT2D eigenvalue weighted by atomic mass is 9.93. The topological polar surface area (TPSA) is 49.4 Å². The first-order valence-electron chi connectivity index (χ1n) is 7.26. The summed E-state index contributed by atoms with van der Waals surface area (Å²) in [4.78, 5) is 26.3. The average Bonchev–Trinajstić information content (AvgIpc) is 2.46. The molecular formula is C16H21FN2O2. The minimum Gasteiger partial charge on any atom is -0.342 e. The van der Waals surface area contributed by atoms with Gasteiger partial charge in [0.1, 0.15) is 17.9 Å². The summed E-state index contributed by atoms with van der Waals surface area (Å²) in [5.74, 6) is -0.763. The van der Waals surface area contributed by atoms with Gasteiger partial charge in [-0.1, -0.05) is 26.3 Å². The Kier molecular flexibility index (Phi) is 4.30. The molecule has 21 heavy (non-hydrogen) atoms. The van der Waals surface area contributed by atoms with Crippen molar-refractivity contribution in [3.05, 3.63) is 29.6 Å². The van der Waals surface area contributed by atoms with Crippen LogP contribution < -0.4 is 10.2 Å². The largest absolute Gasteiger partial charge is 0.342 e. The summed E-state index contributed by atoms with van der Waals surface area (Å²) < 4.78 is 13.5. The predicted octanol–water partition coefficient (Wildman–Crippen LogP) is 2.40. The molecule has 0 saturated carbocycles. The number of hydrogen-bond acceptors (Lipinski definition) is 2. The van der Waals surface area contributed by atoms with Crippen LogP contribution in [0.1, 0.15) is 32.8 Å². The molecule has 114 valence electrons. The van der Waals surface area contributed by atoms with E-state index < -0.39 is 17.9 Å². The molecule has 5 heteroatoms. The minimum atomic E-state index is -0.640. The lowest BCUT2D eigenvalue weighted by Crippen LogP contribution is -2.64. The van der Waals surface area contributed by atoms with E-state index in [9.17, 15) is 14.0 Å². The van der Waals surface area contributed by atoms with Gasteiger partial charge >= 0.3 is 0 Å². The zero-order chi connectivity index (χ0) is 15.7. The molecular weight excluding hydrogens is 271 g/mol. The molecule has 3 unspecified atom stereocenters. The summed E-state index contributed by atoms with van der Waals surface area (Å²) in [7, 11) is 0. The fourth-order valence-electron chi connectivity index (χ4n) is 2.58. The molecule has 4 nitrogen and oxygen atoms in total. The highest BCUT2D eigenvalue weighted by atomic mass is 19.1. The molecule has 3 atom stereocenters. The van der Waals surface area contributed by atoms with Crippen LogP contribution in [0.2, 0.25) is 0 Å². The SMILES string of the molecule is CCC(C)C1NC(=O)C(C)N(c2cc(F)ccc2C)C1=O. The molecule has 0 aliphatic carbocycles. The van der Waals surface area contributed by atoms with Crippen LogP contribution in [0, 0.1) is 18.7 Å². The number of piperazine rings is 1. The number of nitrogens with zero attached hydrogens (tertiary/aromatic N) is 1. The van der Waals surface area contributed by atoms with E-state index >= 15 is 0 Å². The van der Waals surface area contributed by atoms with Crippen LogP contribution in [0.3, 0.4) is 0 Å². The lowest BCUT2D eigenvalue weighted by Gasteiger charge is -2.39. The van der Waals surface area contributed by atoms with Crippen LogP contribution in [0.4, 0.5) is 10.1 Å². The van der Waals surface area contributed by atoms with Gasteiger partial charge in [-0.2, -0.15) is 0 Å². The Hall–Kier alpha value is -1.91. The van der Waals surface area contributed by atoms with E-state index in [4.69, 9.17) is 0 Å². The maximum atomic E-state index is 13.5. The average molecular weight is 292 g/mol. The van der Waals surface area contributed by atoms with Crippen LogP contribution in [0.25, 0.3) is 0 Å². The molecule has 1 saturated heterocycles. The highest BCUT2D eigenvalue weighted by Gasteiger charge is 2.41. The number of aryl methyl sites for hydroxylation is 1. The van der Waals surface area contributed by atoms with Crippen molar-refractivity contribution in [3.8, 4) is 0 Å².